The van der Waals surface area contributed by atoms with Gasteiger partial charge in [0.05, 0.1) is 13.2 Å². The number of rotatable bonds is 8. The SMILES string of the molecule is O=C(NCc1ccccc1CN1CCOCC1)C1CCN(C(=O)CCc2ccccc2)CC1. The molecular formula is C27H35N3O3. The molecule has 2 fully saturated rings. The minimum absolute atomic E-state index is 0.0189. The fraction of sp³-hybridized carbons (Fsp3) is 0.481. The van der Waals surface area contributed by atoms with Crippen molar-refractivity contribution in [1.29, 1.82) is 0 Å². The number of hydrogen-bond acceptors (Lipinski definition) is 4. The highest BCUT2D eigenvalue weighted by atomic mass is 16.5. The van der Waals surface area contributed by atoms with Crippen LogP contribution >= 0.6 is 0 Å². The summed E-state index contributed by atoms with van der Waals surface area (Å²) in [5.41, 5.74) is 3.62. The number of nitrogens with zero attached hydrogens (tertiary/aromatic N) is 2. The molecule has 2 heterocycles. The highest BCUT2D eigenvalue weighted by Gasteiger charge is 2.27. The molecule has 176 valence electrons. The maximum atomic E-state index is 12.8. The Labute approximate surface area is 196 Å². The molecule has 0 aromatic heterocycles. The van der Waals surface area contributed by atoms with E-state index in [-0.39, 0.29) is 17.7 Å². The minimum atomic E-state index is -0.0189. The average Bonchev–Trinajstić information content (AvgIpc) is 2.88. The fourth-order valence-corrected chi connectivity index (χ4v) is 4.66. The number of hydrogen-bond donors (Lipinski definition) is 1. The lowest BCUT2D eigenvalue weighted by Gasteiger charge is -2.31. The van der Waals surface area contributed by atoms with Crippen molar-refractivity contribution in [2.45, 2.75) is 38.8 Å². The van der Waals surface area contributed by atoms with Gasteiger partial charge in [0.1, 0.15) is 0 Å². The molecule has 2 saturated heterocycles. The zero-order chi connectivity index (χ0) is 22.9. The molecule has 2 aliphatic rings. The number of ether oxygens (including phenoxy) is 1. The summed E-state index contributed by atoms with van der Waals surface area (Å²) in [6.45, 7) is 6.23. The van der Waals surface area contributed by atoms with E-state index in [0.29, 0.717) is 26.1 Å². The molecule has 1 N–H and O–H groups in total. The van der Waals surface area contributed by atoms with Gasteiger partial charge in [0, 0.05) is 51.6 Å². The molecule has 0 unspecified atom stereocenters. The highest BCUT2D eigenvalue weighted by Crippen LogP contribution is 2.19. The molecule has 2 aromatic carbocycles. The Morgan fingerprint density at radius 2 is 1.55 bits per heavy atom. The van der Waals surface area contributed by atoms with Gasteiger partial charge in [-0.05, 0) is 36.0 Å². The van der Waals surface area contributed by atoms with E-state index >= 15 is 0 Å². The Hall–Kier alpha value is -2.70. The second-order valence-electron chi connectivity index (χ2n) is 9.02. The van der Waals surface area contributed by atoms with Crippen molar-refractivity contribution in [1.82, 2.24) is 15.1 Å². The van der Waals surface area contributed by atoms with Crippen molar-refractivity contribution in [3.8, 4) is 0 Å². The molecule has 0 spiro atoms. The van der Waals surface area contributed by atoms with Gasteiger partial charge in [-0.25, -0.2) is 0 Å². The van der Waals surface area contributed by atoms with E-state index in [2.05, 4.69) is 40.5 Å². The van der Waals surface area contributed by atoms with E-state index in [4.69, 9.17) is 4.74 Å². The van der Waals surface area contributed by atoms with Crippen molar-refractivity contribution in [2.75, 3.05) is 39.4 Å². The number of amides is 2. The first kappa shape index (κ1) is 23.5. The average molecular weight is 450 g/mol. The van der Waals surface area contributed by atoms with Crippen LogP contribution in [0.2, 0.25) is 0 Å². The first-order valence-corrected chi connectivity index (χ1v) is 12.2. The second-order valence-corrected chi connectivity index (χ2v) is 9.02. The van der Waals surface area contributed by atoms with Crippen LogP contribution in [0.25, 0.3) is 0 Å². The van der Waals surface area contributed by atoms with Crippen molar-refractivity contribution >= 4 is 11.8 Å². The molecule has 0 bridgehead atoms. The summed E-state index contributed by atoms with van der Waals surface area (Å²) in [6, 6.07) is 18.5. The number of likely N-dealkylation sites (tertiary alicyclic amines) is 1. The predicted molar refractivity (Wildman–Crippen MR) is 128 cm³/mol. The molecule has 6 heteroatoms. The van der Waals surface area contributed by atoms with Gasteiger partial charge in [0.2, 0.25) is 11.8 Å². The molecule has 33 heavy (non-hydrogen) atoms. The maximum Gasteiger partial charge on any atom is 0.223 e. The third-order valence-electron chi connectivity index (χ3n) is 6.76. The van der Waals surface area contributed by atoms with E-state index in [1.165, 1.54) is 16.7 Å². The highest BCUT2D eigenvalue weighted by molar-refractivity contribution is 5.80. The molecule has 2 amide bonds. The van der Waals surface area contributed by atoms with Crippen molar-refractivity contribution in [3.05, 3.63) is 71.3 Å². The smallest absolute Gasteiger partial charge is 0.223 e. The fourth-order valence-electron chi connectivity index (χ4n) is 4.66. The normalized spacial score (nSPS) is 17.6. The van der Waals surface area contributed by atoms with E-state index in [0.717, 1.165) is 52.1 Å². The predicted octanol–water partition coefficient (Wildman–Crippen LogP) is 3.01. The third kappa shape index (κ3) is 6.89. The largest absolute Gasteiger partial charge is 0.379 e. The number of benzene rings is 2. The van der Waals surface area contributed by atoms with Crippen LogP contribution in [-0.2, 0) is 33.8 Å². The van der Waals surface area contributed by atoms with Crippen LogP contribution in [0.3, 0.4) is 0 Å². The maximum absolute atomic E-state index is 12.8. The summed E-state index contributed by atoms with van der Waals surface area (Å²) in [5, 5.41) is 3.15. The Morgan fingerprint density at radius 3 is 2.27 bits per heavy atom. The van der Waals surface area contributed by atoms with E-state index < -0.39 is 0 Å². The molecule has 6 nitrogen and oxygen atoms in total. The Kier molecular flexibility index (Phi) is 8.50. The molecule has 2 aromatic rings. The Morgan fingerprint density at radius 1 is 0.879 bits per heavy atom. The second kappa shape index (κ2) is 12.0. The Balaban J connectivity index is 1.21. The molecule has 0 atom stereocenters. The molecule has 4 rings (SSSR count). The lowest BCUT2D eigenvalue weighted by molar-refractivity contribution is -0.135. The van der Waals surface area contributed by atoms with Gasteiger partial charge in [0.15, 0.2) is 0 Å². The van der Waals surface area contributed by atoms with Gasteiger partial charge in [-0.3, -0.25) is 14.5 Å². The summed E-state index contributed by atoms with van der Waals surface area (Å²) < 4.78 is 5.45. The van der Waals surface area contributed by atoms with Crippen molar-refractivity contribution in [2.24, 2.45) is 5.92 Å². The molecule has 0 saturated carbocycles. The van der Waals surface area contributed by atoms with Crippen LogP contribution in [0.15, 0.2) is 54.6 Å². The summed E-state index contributed by atoms with van der Waals surface area (Å²) in [7, 11) is 0. The quantitative estimate of drug-likeness (QED) is 0.673. The van der Waals surface area contributed by atoms with Crippen LogP contribution in [-0.4, -0.2) is 61.0 Å². The number of nitrogens with one attached hydrogen (secondary N) is 1. The molecule has 2 aliphatic heterocycles. The number of morpholine rings is 1. The van der Waals surface area contributed by atoms with Crippen LogP contribution in [0, 0.1) is 5.92 Å². The summed E-state index contributed by atoms with van der Waals surface area (Å²) in [5.74, 6) is 0.275. The van der Waals surface area contributed by atoms with Gasteiger partial charge in [-0.1, -0.05) is 54.6 Å². The van der Waals surface area contributed by atoms with Gasteiger partial charge in [0.25, 0.3) is 0 Å². The summed E-state index contributed by atoms with van der Waals surface area (Å²) in [4.78, 5) is 29.7. The van der Waals surface area contributed by atoms with Crippen molar-refractivity contribution < 1.29 is 14.3 Å². The van der Waals surface area contributed by atoms with Crippen LogP contribution < -0.4 is 5.32 Å². The lowest BCUT2D eigenvalue weighted by atomic mass is 9.95. The molecular weight excluding hydrogens is 414 g/mol. The van der Waals surface area contributed by atoms with Gasteiger partial charge in [-0.15, -0.1) is 0 Å². The van der Waals surface area contributed by atoms with Gasteiger partial charge >= 0.3 is 0 Å². The number of carbonyl (C=O) groups excluding carboxylic acids is 2. The zero-order valence-corrected chi connectivity index (χ0v) is 19.4. The third-order valence-corrected chi connectivity index (χ3v) is 6.76. The Bertz CT molecular complexity index is 904. The van der Waals surface area contributed by atoms with Gasteiger partial charge in [-0.2, -0.15) is 0 Å². The van der Waals surface area contributed by atoms with Crippen molar-refractivity contribution in [3.63, 3.8) is 0 Å². The van der Waals surface area contributed by atoms with Crippen LogP contribution in [0.5, 0.6) is 0 Å². The zero-order valence-electron chi connectivity index (χ0n) is 19.4. The van der Waals surface area contributed by atoms with Gasteiger partial charge < -0.3 is 15.0 Å². The minimum Gasteiger partial charge on any atom is -0.379 e. The van der Waals surface area contributed by atoms with Crippen LogP contribution in [0.4, 0.5) is 0 Å². The molecule has 0 aliphatic carbocycles. The van der Waals surface area contributed by atoms with E-state index in [1.807, 2.05) is 29.2 Å². The standard InChI is InChI=1S/C27H35N3O3/c31-26(11-10-22-6-2-1-3-7-22)30-14-12-23(13-15-30)27(32)28-20-24-8-4-5-9-25(24)21-29-16-18-33-19-17-29/h1-9,23H,10-21H2,(H,28,32). The molecule has 0 radical (unpaired) electrons. The first-order valence-electron chi connectivity index (χ1n) is 12.2. The number of aryl methyl sites for hydroxylation is 1. The first-order chi connectivity index (χ1) is 16.2. The summed E-state index contributed by atoms with van der Waals surface area (Å²) >= 11 is 0. The van der Waals surface area contributed by atoms with E-state index in [1.54, 1.807) is 0 Å². The number of piperidine rings is 1. The topological polar surface area (TPSA) is 61.9 Å². The van der Waals surface area contributed by atoms with Crippen LogP contribution in [0.1, 0.15) is 36.0 Å². The number of carbonyl (C=O) groups is 2. The monoisotopic (exact) mass is 449 g/mol. The lowest BCUT2D eigenvalue weighted by Crippen LogP contribution is -2.43. The summed E-state index contributed by atoms with van der Waals surface area (Å²) in [6.07, 6.45) is 2.77. The van der Waals surface area contributed by atoms with E-state index in [9.17, 15) is 9.59 Å².